The van der Waals surface area contributed by atoms with Gasteiger partial charge in [0.1, 0.15) is 5.75 Å². The zero-order valence-electron chi connectivity index (χ0n) is 11.3. The summed E-state index contributed by atoms with van der Waals surface area (Å²) in [6, 6.07) is -0.106. The number of carbonyl (C=O) groups excluding carboxylic acids is 1. The van der Waals surface area contributed by atoms with Gasteiger partial charge in [0.15, 0.2) is 9.84 Å². The fourth-order valence-electron chi connectivity index (χ4n) is 2.10. The first kappa shape index (κ1) is 15.9. The van der Waals surface area contributed by atoms with Gasteiger partial charge in [-0.25, -0.2) is 8.42 Å². The van der Waals surface area contributed by atoms with Gasteiger partial charge >= 0.3 is 5.97 Å². The zero-order valence-corrected chi connectivity index (χ0v) is 12.1. The number of hydrogen-bond acceptors (Lipinski definition) is 4. The van der Waals surface area contributed by atoms with Crippen LogP contribution in [0.2, 0.25) is 0 Å². The van der Waals surface area contributed by atoms with Gasteiger partial charge in [0.05, 0.1) is 11.2 Å². The van der Waals surface area contributed by atoms with Crippen LogP contribution in [-0.4, -0.2) is 42.4 Å². The first-order valence-electron chi connectivity index (χ1n) is 6.46. The summed E-state index contributed by atoms with van der Waals surface area (Å²) >= 11 is 0. The Labute approximate surface area is 113 Å². The highest BCUT2D eigenvalue weighted by Crippen LogP contribution is 2.24. The number of hydrogen-bond donors (Lipinski definition) is 2. The number of aliphatic carboxylic acids is 1. The van der Waals surface area contributed by atoms with Crippen LogP contribution in [0.3, 0.4) is 0 Å². The molecular formula is C12H21NO5S. The lowest BCUT2D eigenvalue weighted by atomic mass is 9.86. The number of carboxylic acids is 1. The highest BCUT2D eigenvalue weighted by molar-refractivity contribution is 7.92. The van der Waals surface area contributed by atoms with Gasteiger partial charge in [-0.1, -0.05) is 0 Å². The van der Waals surface area contributed by atoms with Crippen LogP contribution in [0.25, 0.3) is 0 Å². The lowest BCUT2D eigenvalue weighted by Crippen LogP contribution is -2.42. The average molecular weight is 291 g/mol. The summed E-state index contributed by atoms with van der Waals surface area (Å²) in [5.41, 5.74) is 0. The highest BCUT2D eigenvalue weighted by Gasteiger charge is 2.28. The Hall–Kier alpha value is -1.11. The summed E-state index contributed by atoms with van der Waals surface area (Å²) in [4.78, 5) is 22.4. The van der Waals surface area contributed by atoms with Crippen molar-refractivity contribution in [3.63, 3.8) is 0 Å². The SMILES string of the molecule is CC(C)S(=O)(=O)CC(=O)NC1CCC(C(=O)O)CC1. The molecule has 0 bridgehead atoms. The van der Waals surface area contributed by atoms with Crippen LogP contribution in [-0.2, 0) is 19.4 Å². The van der Waals surface area contributed by atoms with Crippen molar-refractivity contribution in [3.05, 3.63) is 0 Å². The molecule has 1 rings (SSSR count). The second-order valence-electron chi connectivity index (χ2n) is 5.31. The maximum Gasteiger partial charge on any atom is 0.306 e. The quantitative estimate of drug-likeness (QED) is 0.771. The summed E-state index contributed by atoms with van der Waals surface area (Å²) in [5, 5.41) is 11.0. The molecule has 2 N–H and O–H groups in total. The van der Waals surface area contributed by atoms with E-state index in [1.54, 1.807) is 13.8 Å². The Morgan fingerprint density at radius 1 is 1.21 bits per heavy atom. The molecule has 1 aliphatic rings. The number of nitrogens with one attached hydrogen (secondary N) is 1. The molecule has 0 aliphatic heterocycles. The van der Waals surface area contributed by atoms with Crippen molar-refractivity contribution in [1.29, 1.82) is 0 Å². The van der Waals surface area contributed by atoms with E-state index in [1.165, 1.54) is 0 Å². The maximum atomic E-state index is 11.6. The van der Waals surface area contributed by atoms with E-state index in [0.717, 1.165) is 0 Å². The third-order valence-corrected chi connectivity index (χ3v) is 5.59. The standard InChI is InChI=1S/C12H21NO5S/c1-8(2)19(17,18)7-11(14)13-10-5-3-9(4-6-10)12(15)16/h8-10H,3-7H2,1-2H3,(H,13,14)(H,15,16). The molecule has 19 heavy (non-hydrogen) atoms. The molecule has 1 aliphatic carbocycles. The molecule has 0 heterocycles. The average Bonchev–Trinajstić information content (AvgIpc) is 2.28. The van der Waals surface area contributed by atoms with E-state index in [1.807, 2.05) is 0 Å². The molecule has 0 aromatic carbocycles. The number of carboxylic acid groups (broad SMARTS) is 1. The van der Waals surface area contributed by atoms with Gasteiger partial charge in [-0.05, 0) is 39.5 Å². The smallest absolute Gasteiger partial charge is 0.306 e. The fraction of sp³-hybridized carbons (Fsp3) is 0.833. The molecule has 0 aromatic rings. The number of sulfone groups is 1. The van der Waals surface area contributed by atoms with E-state index >= 15 is 0 Å². The van der Waals surface area contributed by atoms with E-state index in [-0.39, 0.29) is 12.0 Å². The van der Waals surface area contributed by atoms with Gasteiger partial charge in [0, 0.05) is 6.04 Å². The predicted molar refractivity (Wildman–Crippen MR) is 70.4 cm³/mol. The summed E-state index contributed by atoms with van der Waals surface area (Å²) < 4.78 is 23.2. The van der Waals surface area contributed by atoms with Gasteiger partial charge in [0.2, 0.25) is 5.91 Å². The molecule has 0 aromatic heterocycles. The van der Waals surface area contributed by atoms with Crippen molar-refractivity contribution in [2.75, 3.05) is 5.75 Å². The summed E-state index contributed by atoms with van der Waals surface area (Å²) in [7, 11) is -3.38. The van der Waals surface area contributed by atoms with Gasteiger partial charge in [-0.15, -0.1) is 0 Å². The van der Waals surface area contributed by atoms with Gasteiger partial charge < -0.3 is 10.4 Å². The number of amides is 1. The molecule has 110 valence electrons. The third-order valence-electron chi connectivity index (χ3n) is 3.49. The summed E-state index contributed by atoms with van der Waals surface area (Å²) in [6.07, 6.45) is 2.23. The maximum absolute atomic E-state index is 11.6. The lowest BCUT2D eigenvalue weighted by molar-refractivity contribution is -0.142. The van der Waals surface area contributed by atoms with Crippen LogP contribution >= 0.6 is 0 Å². The summed E-state index contributed by atoms with van der Waals surface area (Å²) in [5.74, 6) is -2.13. The van der Waals surface area contributed by atoms with Crippen molar-refractivity contribution in [1.82, 2.24) is 5.32 Å². The molecule has 1 saturated carbocycles. The second kappa shape index (κ2) is 6.36. The molecule has 0 spiro atoms. The Morgan fingerprint density at radius 2 is 1.74 bits per heavy atom. The van der Waals surface area contributed by atoms with Gasteiger partial charge in [-0.2, -0.15) is 0 Å². The molecule has 0 saturated heterocycles. The van der Waals surface area contributed by atoms with Gasteiger partial charge in [0.25, 0.3) is 0 Å². The molecule has 0 unspecified atom stereocenters. The normalized spacial score (nSPS) is 24.2. The predicted octanol–water partition coefficient (Wildman–Crippen LogP) is 0.569. The first-order valence-corrected chi connectivity index (χ1v) is 8.17. The minimum atomic E-state index is -3.38. The second-order valence-corrected chi connectivity index (χ2v) is 7.87. The molecule has 0 radical (unpaired) electrons. The topological polar surface area (TPSA) is 101 Å². The van der Waals surface area contributed by atoms with E-state index in [9.17, 15) is 18.0 Å². The molecule has 6 nitrogen and oxygen atoms in total. The largest absolute Gasteiger partial charge is 0.481 e. The van der Waals surface area contributed by atoms with Crippen molar-refractivity contribution in [2.24, 2.45) is 5.92 Å². The third kappa shape index (κ3) is 4.81. The minimum Gasteiger partial charge on any atom is -0.481 e. The van der Waals surface area contributed by atoms with Gasteiger partial charge in [-0.3, -0.25) is 9.59 Å². The number of carbonyl (C=O) groups is 2. The van der Waals surface area contributed by atoms with Crippen LogP contribution < -0.4 is 5.32 Å². The molecular weight excluding hydrogens is 270 g/mol. The number of rotatable bonds is 5. The van der Waals surface area contributed by atoms with E-state index in [4.69, 9.17) is 5.11 Å². The monoisotopic (exact) mass is 291 g/mol. The Balaban J connectivity index is 2.41. The van der Waals surface area contributed by atoms with Crippen molar-refractivity contribution >= 4 is 21.7 Å². The van der Waals surface area contributed by atoms with Crippen LogP contribution in [0.1, 0.15) is 39.5 Å². The first-order chi connectivity index (χ1) is 8.72. The zero-order chi connectivity index (χ0) is 14.6. The van der Waals surface area contributed by atoms with Crippen molar-refractivity contribution in [2.45, 2.75) is 50.8 Å². The molecule has 0 atom stereocenters. The molecule has 7 heteroatoms. The summed E-state index contributed by atoms with van der Waals surface area (Å²) in [6.45, 7) is 3.08. The van der Waals surface area contributed by atoms with Crippen molar-refractivity contribution in [3.8, 4) is 0 Å². The molecule has 1 fully saturated rings. The Morgan fingerprint density at radius 3 is 2.16 bits per heavy atom. The Kier molecular flexibility index (Phi) is 5.34. The molecule has 1 amide bonds. The Bertz CT molecular complexity index is 435. The fourth-order valence-corrected chi connectivity index (χ4v) is 2.89. The van der Waals surface area contributed by atoms with Crippen LogP contribution in [0.4, 0.5) is 0 Å². The van der Waals surface area contributed by atoms with Crippen molar-refractivity contribution < 1.29 is 23.1 Å². The van der Waals surface area contributed by atoms with Crippen LogP contribution in [0.5, 0.6) is 0 Å². The van der Waals surface area contributed by atoms with Crippen LogP contribution in [0, 0.1) is 5.92 Å². The highest BCUT2D eigenvalue weighted by atomic mass is 32.2. The lowest BCUT2D eigenvalue weighted by Gasteiger charge is -2.26. The minimum absolute atomic E-state index is 0.106. The van der Waals surface area contributed by atoms with E-state index in [0.29, 0.717) is 25.7 Å². The van der Waals surface area contributed by atoms with Crippen LogP contribution in [0.15, 0.2) is 0 Å². The van der Waals surface area contributed by atoms with E-state index in [2.05, 4.69) is 5.32 Å². The van der Waals surface area contributed by atoms with E-state index < -0.39 is 32.7 Å².